The fraction of sp³-hybridized carbons (Fsp3) is 0.243. The van der Waals surface area contributed by atoms with E-state index in [9.17, 15) is 19.5 Å². The summed E-state index contributed by atoms with van der Waals surface area (Å²) in [6, 6.07) is 18.5. The minimum absolute atomic E-state index is 0.0387. The predicted molar refractivity (Wildman–Crippen MR) is 204 cm³/mol. The number of aromatic nitrogens is 3. The number of benzene rings is 3. The molecule has 1 aliphatic heterocycles. The zero-order valence-electron chi connectivity index (χ0n) is 29.8. The van der Waals surface area contributed by atoms with E-state index in [0.717, 1.165) is 49.4 Å². The van der Waals surface area contributed by atoms with Crippen LogP contribution in [0.3, 0.4) is 0 Å². The molecule has 17 nitrogen and oxygen atoms in total. The lowest BCUT2D eigenvalue weighted by molar-refractivity contribution is -0.122. The predicted octanol–water partition coefficient (Wildman–Crippen LogP) is 2.27. The van der Waals surface area contributed by atoms with Gasteiger partial charge in [-0.05, 0) is 53.8 Å². The van der Waals surface area contributed by atoms with Gasteiger partial charge in [0.15, 0.2) is 5.69 Å². The van der Waals surface area contributed by atoms with Crippen molar-refractivity contribution in [1.82, 2.24) is 30.2 Å². The minimum Gasteiger partial charge on any atom is -0.507 e. The summed E-state index contributed by atoms with van der Waals surface area (Å²) in [5, 5.41) is 25.8. The van der Waals surface area contributed by atoms with Crippen molar-refractivity contribution in [2.24, 2.45) is 5.10 Å². The van der Waals surface area contributed by atoms with E-state index in [1.165, 1.54) is 12.4 Å². The maximum Gasteiger partial charge on any atom is 0.425 e. The number of nitrogens with two attached hydrogens (primary N) is 1. The Balaban J connectivity index is 0.00000138. The van der Waals surface area contributed by atoms with Crippen molar-refractivity contribution >= 4 is 51.0 Å². The van der Waals surface area contributed by atoms with Gasteiger partial charge in [0.05, 0.1) is 25.5 Å². The zero-order chi connectivity index (χ0) is 39.5. The van der Waals surface area contributed by atoms with Crippen LogP contribution < -0.4 is 22.1 Å². The number of carbonyl (C=O) groups excluding carboxylic acids is 2. The number of aryl methyl sites for hydroxylation is 1. The fourth-order valence-electron chi connectivity index (χ4n) is 6.00. The van der Waals surface area contributed by atoms with E-state index in [2.05, 4.69) is 54.7 Å². The van der Waals surface area contributed by atoms with Crippen LogP contribution >= 0.6 is 0 Å². The summed E-state index contributed by atoms with van der Waals surface area (Å²) in [5.74, 6) is -0.666. The van der Waals surface area contributed by atoms with E-state index >= 15 is 0 Å². The van der Waals surface area contributed by atoms with Crippen LogP contribution in [0.15, 0.2) is 93.8 Å². The average molecular weight is 770 g/mol. The second-order valence-corrected chi connectivity index (χ2v) is 13.0. The van der Waals surface area contributed by atoms with Crippen LogP contribution in [-0.2, 0) is 34.9 Å². The second-order valence-electron chi connectivity index (χ2n) is 12.6. The molecule has 286 valence electrons. The molecule has 2 amide bonds. The number of allylic oxidation sites excluding steroid dienone is 1. The summed E-state index contributed by atoms with van der Waals surface area (Å²) in [7, 11) is -3.11. The number of carbonyl (C=O) groups is 2. The van der Waals surface area contributed by atoms with Crippen molar-refractivity contribution in [3.05, 3.63) is 123 Å². The summed E-state index contributed by atoms with van der Waals surface area (Å²) >= 11 is 0. The summed E-state index contributed by atoms with van der Waals surface area (Å²) in [6.45, 7) is 9.88. The van der Waals surface area contributed by atoms with Gasteiger partial charge in [-0.2, -0.15) is 5.10 Å². The molecule has 5 aromatic rings. The van der Waals surface area contributed by atoms with Gasteiger partial charge in [0.2, 0.25) is 0 Å². The Morgan fingerprint density at radius 2 is 1.71 bits per heavy atom. The molecule has 0 unspecified atom stereocenters. The van der Waals surface area contributed by atoms with E-state index in [1.54, 1.807) is 41.9 Å². The minimum atomic E-state index is -3.11. The summed E-state index contributed by atoms with van der Waals surface area (Å²) in [6.07, 6.45) is 5.23. The number of nitrogens with zero attached hydrogens (tertiary/aromatic N) is 6. The van der Waals surface area contributed by atoms with Crippen LogP contribution in [0.1, 0.15) is 38.3 Å². The molecule has 0 saturated carbocycles. The summed E-state index contributed by atoms with van der Waals surface area (Å²) < 4.78 is 32.3. The molecule has 1 saturated heterocycles. The van der Waals surface area contributed by atoms with Gasteiger partial charge in [-0.15, -0.1) is 24.3 Å². The number of hydrogen-bond acceptors (Lipinski definition) is 14. The monoisotopic (exact) mass is 769 g/mol. The van der Waals surface area contributed by atoms with Gasteiger partial charge in [0.25, 0.3) is 11.8 Å². The molecule has 18 heteroatoms. The van der Waals surface area contributed by atoms with E-state index in [4.69, 9.17) is 22.8 Å². The van der Waals surface area contributed by atoms with Crippen LogP contribution in [0, 0.1) is 6.92 Å². The van der Waals surface area contributed by atoms with Crippen LogP contribution in [0.4, 0.5) is 11.4 Å². The molecule has 0 bridgehead atoms. The van der Waals surface area contributed by atoms with Crippen molar-refractivity contribution in [1.29, 1.82) is 0 Å². The largest absolute Gasteiger partial charge is 0.507 e. The Labute approximate surface area is 316 Å². The number of rotatable bonds is 12. The molecule has 2 aromatic heterocycles. The van der Waals surface area contributed by atoms with Crippen molar-refractivity contribution in [2.75, 3.05) is 43.8 Å². The van der Waals surface area contributed by atoms with Gasteiger partial charge >= 0.3 is 16.2 Å². The first-order valence-corrected chi connectivity index (χ1v) is 18.0. The molecular formula is C37H39N9O8S. The van der Waals surface area contributed by atoms with Crippen molar-refractivity contribution in [3.8, 4) is 5.75 Å². The number of fused-ring (bicyclic) bond motifs is 1. The number of hydrazone groups is 1. The molecule has 5 N–H and O–H groups in total. The van der Waals surface area contributed by atoms with Gasteiger partial charge < -0.3 is 20.6 Å². The first-order valence-electron chi connectivity index (χ1n) is 17.0. The highest BCUT2D eigenvalue weighted by Crippen LogP contribution is 2.25. The average Bonchev–Trinajstić information content (AvgIpc) is 3.61. The molecule has 3 aromatic carbocycles. The standard InChI is InChI=1S/C37H39N9O5.O3S/c1-3-6-27-9-5-10-28(35(27)48)19-39-42-33(47)23-45-15-13-44(14-16-45)20-25-7-4-8-26(17-25)21-46-22-31(41-43-46)36(49)40-34-24(2)30-12-11-29(38)18-32(30)51-37(34)50;1-4(2)3/h3-5,7-12,17-19,22,48H,1,6,13-16,20-21,23,38H2,2H3,(H,40,49)(H,42,47);/b39-19+;. The molecule has 0 atom stereocenters. The number of aromatic hydroxyl groups is 1. The molecule has 1 aliphatic rings. The number of phenolic OH excluding ortho intramolecular Hbond substituents is 1. The number of nitrogen functional groups attached to an aromatic ring is 1. The highest BCUT2D eigenvalue weighted by Gasteiger charge is 2.20. The Morgan fingerprint density at radius 1 is 1.02 bits per heavy atom. The van der Waals surface area contributed by atoms with Crippen molar-refractivity contribution < 1.29 is 31.7 Å². The Hall–Kier alpha value is -6.50. The highest BCUT2D eigenvalue weighted by atomic mass is 32.2. The number of phenols is 1. The molecule has 3 heterocycles. The van der Waals surface area contributed by atoms with Gasteiger partial charge in [0.1, 0.15) is 17.0 Å². The van der Waals surface area contributed by atoms with Gasteiger partial charge in [-0.3, -0.25) is 19.4 Å². The zero-order valence-corrected chi connectivity index (χ0v) is 30.7. The SMILES string of the molecule is C=CCc1cccc(/C=N/NC(=O)CN2CCN(Cc3cccc(Cn4cc(C(=O)Nc5c(C)c6ccc(N)cc6oc5=O)nn4)c3)CC2)c1O.O=S(=O)=O. The number of amides is 2. The molecule has 55 heavy (non-hydrogen) atoms. The highest BCUT2D eigenvalue weighted by molar-refractivity contribution is 7.59. The van der Waals surface area contributed by atoms with Crippen molar-refractivity contribution in [2.45, 2.75) is 26.4 Å². The Bertz CT molecular complexity index is 2400. The van der Waals surface area contributed by atoms with Crippen LogP contribution in [0.5, 0.6) is 5.75 Å². The smallest absolute Gasteiger partial charge is 0.425 e. The topological polar surface area (TPSA) is 235 Å². The van der Waals surface area contributed by atoms with E-state index in [1.807, 2.05) is 24.3 Å². The molecular weight excluding hydrogens is 731 g/mol. The van der Waals surface area contributed by atoms with E-state index < -0.39 is 22.1 Å². The maximum absolute atomic E-state index is 13.0. The number of hydrogen-bond donors (Lipinski definition) is 4. The van der Waals surface area contributed by atoms with Crippen LogP contribution in [-0.4, -0.2) is 93.3 Å². The lowest BCUT2D eigenvalue weighted by atomic mass is 10.1. The Kier molecular flexibility index (Phi) is 13.4. The number of para-hydroxylation sites is 1. The molecule has 0 aliphatic carbocycles. The second kappa shape index (κ2) is 18.5. The Morgan fingerprint density at radius 3 is 2.44 bits per heavy atom. The lowest BCUT2D eigenvalue weighted by Gasteiger charge is -2.34. The number of nitrogens with one attached hydrogen (secondary N) is 2. The summed E-state index contributed by atoms with van der Waals surface area (Å²) in [5.41, 5.74) is 12.6. The maximum atomic E-state index is 13.0. The molecule has 6 rings (SSSR count). The third-order valence-electron chi connectivity index (χ3n) is 8.68. The van der Waals surface area contributed by atoms with Crippen LogP contribution in [0.2, 0.25) is 0 Å². The van der Waals surface area contributed by atoms with Crippen LogP contribution in [0.25, 0.3) is 11.0 Å². The number of anilines is 2. The summed E-state index contributed by atoms with van der Waals surface area (Å²) in [4.78, 5) is 42.5. The third kappa shape index (κ3) is 11.0. The molecule has 0 radical (unpaired) electrons. The fourth-order valence-corrected chi connectivity index (χ4v) is 6.00. The van der Waals surface area contributed by atoms with E-state index in [0.29, 0.717) is 40.7 Å². The van der Waals surface area contributed by atoms with Gasteiger partial charge in [-0.25, -0.2) is 14.9 Å². The van der Waals surface area contributed by atoms with Gasteiger partial charge in [-0.1, -0.05) is 47.7 Å². The van der Waals surface area contributed by atoms with Crippen molar-refractivity contribution in [3.63, 3.8) is 0 Å². The number of piperazine rings is 1. The quantitative estimate of drug-likeness (QED) is 0.0469. The first kappa shape index (κ1) is 39.7. The molecule has 1 fully saturated rings. The third-order valence-corrected chi connectivity index (χ3v) is 8.68. The van der Waals surface area contributed by atoms with E-state index in [-0.39, 0.29) is 29.6 Å². The van der Waals surface area contributed by atoms with Gasteiger partial charge in [0, 0.05) is 55.4 Å². The normalized spacial score (nSPS) is 13.3. The molecule has 0 spiro atoms. The first-order chi connectivity index (χ1) is 26.4. The lowest BCUT2D eigenvalue weighted by Crippen LogP contribution is -2.48.